The lowest BCUT2D eigenvalue weighted by molar-refractivity contribution is 0.414. The molecule has 0 aliphatic carbocycles. The van der Waals surface area contributed by atoms with Gasteiger partial charge in [0, 0.05) is 31.3 Å². The number of aromatic nitrogens is 4. The highest BCUT2D eigenvalue weighted by Crippen LogP contribution is 2.24. The number of halogens is 2. The highest BCUT2D eigenvalue weighted by Gasteiger charge is 2.24. The fraction of sp³-hybridized carbons (Fsp3) is 0.320. The van der Waals surface area contributed by atoms with Crippen molar-refractivity contribution >= 4 is 17.1 Å². The van der Waals surface area contributed by atoms with Crippen LogP contribution in [-0.4, -0.2) is 52.4 Å². The molecule has 5 rings (SSSR count). The number of likely N-dealkylation sites (N-methyl/N-ethyl adjacent to an activating group) is 1. The van der Waals surface area contributed by atoms with Crippen molar-refractivity contribution in [3.8, 4) is 11.4 Å². The summed E-state index contributed by atoms with van der Waals surface area (Å²) in [7, 11) is 3.47. The average Bonchev–Trinajstić information content (AvgIpc) is 3.16. The van der Waals surface area contributed by atoms with Gasteiger partial charge in [-0.25, -0.2) is 23.1 Å². The maximum absolute atomic E-state index is 14.4. The Morgan fingerprint density at radius 3 is 2.69 bits per heavy atom. The van der Waals surface area contributed by atoms with Crippen molar-refractivity contribution in [2.24, 2.45) is 0 Å². The molecule has 0 bridgehead atoms. The van der Waals surface area contributed by atoms with Crippen LogP contribution in [0, 0.1) is 11.6 Å². The first kappa shape index (κ1) is 23.0. The van der Waals surface area contributed by atoms with Crippen LogP contribution in [-0.2, 0) is 6.54 Å². The van der Waals surface area contributed by atoms with Crippen LogP contribution < -0.4 is 20.6 Å². The third-order valence-corrected chi connectivity index (χ3v) is 6.49. The molecule has 35 heavy (non-hydrogen) atoms. The van der Waals surface area contributed by atoms with Gasteiger partial charge in [-0.1, -0.05) is 12.1 Å². The third-order valence-electron chi connectivity index (χ3n) is 6.49. The minimum absolute atomic E-state index is 0.200. The summed E-state index contributed by atoms with van der Waals surface area (Å²) in [5.41, 5.74) is 0.567. The second kappa shape index (κ2) is 9.46. The van der Waals surface area contributed by atoms with Crippen molar-refractivity contribution in [3.05, 3.63) is 76.3 Å². The van der Waals surface area contributed by atoms with Gasteiger partial charge < -0.3 is 15.0 Å². The van der Waals surface area contributed by atoms with Gasteiger partial charge in [0.15, 0.2) is 5.65 Å². The van der Waals surface area contributed by atoms with Crippen LogP contribution in [0.15, 0.2) is 53.5 Å². The first-order valence-corrected chi connectivity index (χ1v) is 11.5. The summed E-state index contributed by atoms with van der Waals surface area (Å²) in [6.07, 6.45) is 3.60. The average molecular weight is 481 g/mol. The summed E-state index contributed by atoms with van der Waals surface area (Å²) in [6, 6.07) is 10.9. The van der Waals surface area contributed by atoms with Crippen LogP contribution in [0.4, 0.5) is 14.7 Å². The zero-order valence-electron chi connectivity index (χ0n) is 19.5. The van der Waals surface area contributed by atoms with Gasteiger partial charge in [-0.15, -0.1) is 0 Å². The largest absolute Gasteiger partial charge is 0.497 e. The highest BCUT2D eigenvalue weighted by atomic mass is 19.1. The van der Waals surface area contributed by atoms with E-state index in [1.54, 1.807) is 37.6 Å². The predicted molar refractivity (Wildman–Crippen MR) is 129 cm³/mol. The number of fused-ring (bicyclic) bond motifs is 1. The van der Waals surface area contributed by atoms with Crippen molar-refractivity contribution in [2.75, 3.05) is 32.1 Å². The summed E-state index contributed by atoms with van der Waals surface area (Å²) in [5, 5.41) is 3.38. The van der Waals surface area contributed by atoms with Crippen LogP contribution in [0.5, 0.6) is 5.75 Å². The SMILES string of the molecule is COc1cccc(-n2c(=O)n(Cc3c(F)cccc3F)c3cnc(N(C)C4CCCNC4)nc32)c1. The number of ether oxygens (including phenoxy) is 1. The molecule has 0 amide bonds. The van der Waals surface area contributed by atoms with E-state index in [2.05, 4.69) is 10.3 Å². The lowest BCUT2D eigenvalue weighted by Gasteiger charge is -2.31. The molecule has 1 saturated heterocycles. The van der Waals surface area contributed by atoms with Gasteiger partial charge >= 0.3 is 5.69 Å². The van der Waals surface area contributed by atoms with Gasteiger partial charge in [0.2, 0.25) is 5.95 Å². The summed E-state index contributed by atoms with van der Waals surface area (Å²) < 4.78 is 37.0. The van der Waals surface area contributed by atoms with E-state index in [-0.39, 0.29) is 18.2 Å². The van der Waals surface area contributed by atoms with E-state index in [1.165, 1.54) is 27.3 Å². The van der Waals surface area contributed by atoms with E-state index in [4.69, 9.17) is 9.72 Å². The molecule has 0 radical (unpaired) electrons. The fourth-order valence-corrected chi connectivity index (χ4v) is 4.50. The Bertz CT molecular complexity index is 1410. The van der Waals surface area contributed by atoms with E-state index in [1.807, 2.05) is 11.9 Å². The molecule has 3 heterocycles. The maximum Gasteiger partial charge on any atom is 0.335 e. The number of nitrogens with zero attached hydrogens (tertiary/aromatic N) is 5. The lowest BCUT2D eigenvalue weighted by atomic mass is 10.1. The van der Waals surface area contributed by atoms with Gasteiger partial charge in [0.05, 0.1) is 25.5 Å². The molecular weight excluding hydrogens is 454 g/mol. The molecule has 10 heteroatoms. The molecule has 0 spiro atoms. The molecule has 4 aromatic rings. The topological polar surface area (TPSA) is 77.2 Å². The Labute approximate surface area is 200 Å². The maximum atomic E-state index is 14.4. The summed E-state index contributed by atoms with van der Waals surface area (Å²) in [5.74, 6) is -0.408. The number of imidazole rings is 1. The number of hydrogen-bond acceptors (Lipinski definition) is 6. The quantitative estimate of drug-likeness (QED) is 0.457. The summed E-state index contributed by atoms with van der Waals surface area (Å²) >= 11 is 0. The molecule has 0 saturated carbocycles. The Morgan fingerprint density at radius 2 is 1.97 bits per heavy atom. The molecule has 2 aromatic carbocycles. The van der Waals surface area contributed by atoms with E-state index < -0.39 is 17.3 Å². The summed E-state index contributed by atoms with van der Waals surface area (Å²) in [4.78, 5) is 24.9. The predicted octanol–water partition coefficient (Wildman–Crippen LogP) is 3.11. The number of piperidine rings is 1. The zero-order chi connectivity index (χ0) is 24.5. The van der Waals surface area contributed by atoms with E-state index in [9.17, 15) is 13.6 Å². The zero-order valence-corrected chi connectivity index (χ0v) is 19.5. The molecule has 2 aromatic heterocycles. The van der Waals surface area contributed by atoms with Crippen molar-refractivity contribution in [3.63, 3.8) is 0 Å². The Balaban J connectivity index is 1.69. The standard InChI is InChI=1S/C25H26F2N6O2/c1-31(17-7-5-11-28-13-17)24-29-14-22-23(30-24)33(16-6-3-8-18(12-16)35-2)25(34)32(22)15-19-20(26)9-4-10-21(19)27/h3-4,6,8-10,12,14,17,28H,5,7,11,13,15H2,1-2H3. The van der Waals surface area contributed by atoms with E-state index >= 15 is 0 Å². The number of anilines is 1. The van der Waals surface area contributed by atoms with Gasteiger partial charge in [0.1, 0.15) is 22.9 Å². The number of rotatable bonds is 6. The number of methoxy groups -OCH3 is 1. The minimum atomic E-state index is -0.721. The van der Waals surface area contributed by atoms with Crippen LogP contribution in [0.25, 0.3) is 16.9 Å². The van der Waals surface area contributed by atoms with Crippen molar-refractivity contribution < 1.29 is 13.5 Å². The van der Waals surface area contributed by atoms with Gasteiger partial charge in [-0.2, -0.15) is 4.98 Å². The molecule has 1 N–H and O–H groups in total. The van der Waals surface area contributed by atoms with Gasteiger partial charge in [-0.3, -0.25) is 4.57 Å². The minimum Gasteiger partial charge on any atom is -0.497 e. The number of nitrogens with one attached hydrogen (secondary N) is 1. The van der Waals surface area contributed by atoms with Gasteiger partial charge in [0.25, 0.3) is 0 Å². The van der Waals surface area contributed by atoms with Crippen molar-refractivity contribution in [1.82, 2.24) is 24.4 Å². The Hall–Kier alpha value is -3.79. The summed E-state index contributed by atoms with van der Waals surface area (Å²) in [6.45, 7) is 1.50. The molecule has 8 nitrogen and oxygen atoms in total. The van der Waals surface area contributed by atoms with Crippen molar-refractivity contribution in [1.29, 1.82) is 0 Å². The smallest absolute Gasteiger partial charge is 0.335 e. The van der Waals surface area contributed by atoms with Gasteiger partial charge in [-0.05, 0) is 43.7 Å². The van der Waals surface area contributed by atoms with Crippen LogP contribution in [0.2, 0.25) is 0 Å². The van der Waals surface area contributed by atoms with Crippen LogP contribution >= 0.6 is 0 Å². The molecule has 1 fully saturated rings. The number of hydrogen-bond donors (Lipinski definition) is 1. The first-order chi connectivity index (χ1) is 17.0. The monoisotopic (exact) mass is 480 g/mol. The molecule has 1 unspecified atom stereocenters. The van der Waals surface area contributed by atoms with Crippen LogP contribution in [0.3, 0.4) is 0 Å². The van der Waals surface area contributed by atoms with Crippen molar-refractivity contribution in [2.45, 2.75) is 25.4 Å². The lowest BCUT2D eigenvalue weighted by Crippen LogP contribution is -2.44. The third kappa shape index (κ3) is 4.25. The second-order valence-corrected chi connectivity index (χ2v) is 8.60. The number of benzene rings is 2. The first-order valence-electron chi connectivity index (χ1n) is 11.5. The normalized spacial score (nSPS) is 15.9. The highest BCUT2D eigenvalue weighted by molar-refractivity contribution is 5.75. The molecule has 1 aliphatic rings. The second-order valence-electron chi connectivity index (χ2n) is 8.60. The van der Waals surface area contributed by atoms with Crippen LogP contribution in [0.1, 0.15) is 18.4 Å². The Morgan fingerprint density at radius 1 is 1.20 bits per heavy atom. The molecule has 1 aliphatic heterocycles. The fourth-order valence-electron chi connectivity index (χ4n) is 4.50. The molecule has 182 valence electrons. The molecule has 1 atom stereocenters. The Kier molecular flexibility index (Phi) is 6.21. The van der Waals surface area contributed by atoms with E-state index in [0.717, 1.165) is 25.9 Å². The van der Waals surface area contributed by atoms with E-state index in [0.29, 0.717) is 28.5 Å². The molecular formula is C25H26F2N6O2.